The number of fused-ring (bicyclic) bond motifs is 1. The number of benzene rings is 1. The van der Waals surface area contributed by atoms with Crippen LogP contribution in [0.15, 0.2) is 47.8 Å². The molecule has 3 nitrogen and oxygen atoms in total. The number of nitrogens with zero attached hydrogens (tertiary/aromatic N) is 3. The lowest BCUT2D eigenvalue weighted by Gasteiger charge is -2.01. The quantitative estimate of drug-likeness (QED) is 0.664. The topological polar surface area (TPSA) is 30.7 Å². The van der Waals surface area contributed by atoms with E-state index < -0.39 is 0 Å². The highest BCUT2D eigenvalue weighted by Crippen LogP contribution is 2.23. The molecule has 3 rings (SSSR count). The maximum atomic E-state index is 4.44. The number of hydrogen-bond donors (Lipinski definition) is 1. The van der Waals surface area contributed by atoms with Crippen molar-refractivity contribution in [3.63, 3.8) is 0 Å². The van der Waals surface area contributed by atoms with Crippen LogP contribution in [0.4, 0.5) is 0 Å². The summed E-state index contributed by atoms with van der Waals surface area (Å²) >= 11 is 4.34. The molecule has 1 aromatic carbocycles. The van der Waals surface area contributed by atoms with E-state index in [2.05, 4.69) is 28.8 Å². The molecule has 2 heterocycles. The summed E-state index contributed by atoms with van der Waals surface area (Å²) in [5.74, 6) is 0. The Kier molecular flexibility index (Phi) is 2.37. The summed E-state index contributed by atoms with van der Waals surface area (Å²) in [6.07, 6.45) is 5.69. The molecule has 0 spiro atoms. The average molecular weight is 241 g/mol. The van der Waals surface area contributed by atoms with E-state index in [1.54, 1.807) is 4.68 Å². The van der Waals surface area contributed by atoms with Crippen molar-refractivity contribution in [2.45, 2.75) is 4.90 Å². The molecule has 0 amide bonds. The van der Waals surface area contributed by atoms with E-state index in [0.29, 0.717) is 0 Å². The molecule has 0 saturated heterocycles. The van der Waals surface area contributed by atoms with E-state index >= 15 is 0 Å². The number of pyridine rings is 1. The molecular formula is C13H11N3S. The Morgan fingerprint density at radius 3 is 2.76 bits per heavy atom. The van der Waals surface area contributed by atoms with Gasteiger partial charge in [0.1, 0.15) is 0 Å². The van der Waals surface area contributed by atoms with Crippen LogP contribution in [0.2, 0.25) is 0 Å². The van der Waals surface area contributed by atoms with Crippen molar-refractivity contribution in [3.8, 4) is 11.1 Å². The maximum absolute atomic E-state index is 4.44. The second kappa shape index (κ2) is 3.89. The summed E-state index contributed by atoms with van der Waals surface area (Å²) < 4.78 is 1.79. The molecule has 17 heavy (non-hydrogen) atoms. The van der Waals surface area contributed by atoms with Crippen molar-refractivity contribution >= 4 is 23.5 Å². The van der Waals surface area contributed by atoms with E-state index in [9.17, 15) is 0 Å². The third-order valence-corrected chi connectivity index (χ3v) is 2.98. The van der Waals surface area contributed by atoms with Gasteiger partial charge in [0.25, 0.3) is 0 Å². The molecule has 0 aliphatic rings. The lowest BCUT2D eigenvalue weighted by molar-refractivity contribution is 0.768. The van der Waals surface area contributed by atoms with Gasteiger partial charge in [-0.15, -0.1) is 12.6 Å². The highest BCUT2D eigenvalue weighted by atomic mass is 32.1. The standard InChI is InChI=1S/C13H11N3S/c1-16-8-11(7-15-16)10-4-9-5-12(17)2-3-13(9)14-6-10/h2-8,17H,1H3. The van der Waals surface area contributed by atoms with E-state index in [4.69, 9.17) is 0 Å². The molecule has 84 valence electrons. The van der Waals surface area contributed by atoms with E-state index in [1.165, 1.54) is 0 Å². The van der Waals surface area contributed by atoms with Gasteiger partial charge in [0.15, 0.2) is 0 Å². The van der Waals surface area contributed by atoms with Gasteiger partial charge in [0.05, 0.1) is 11.7 Å². The van der Waals surface area contributed by atoms with Crippen molar-refractivity contribution in [2.24, 2.45) is 7.05 Å². The zero-order chi connectivity index (χ0) is 11.8. The largest absolute Gasteiger partial charge is 0.275 e. The first-order valence-corrected chi connectivity index (χ1v) is 5.75. The highest BCUT2D eigenvalue weighted by molar-refractivity contribution is 7.80. The van der Waals surface area contributed by atoms with Gasteiger partial charge in [-0.3, -0.25) is 9.67 Å². The monoisotopic (exact) mass is 241 g/mol. The smallest absolute Gasteiger partial charge is 0.0703 e. The van der Waals surface area contributed by atoms with Crippen LogP contribution in [0, 0.1) is 0 Å². The Labute approximate surface area is 105 Å². The summed E-state index contributed by atoms with van der Waals surface area (Å²) in [6.45, 7) is 0. The second-order valence-electron chi connectivity index (χ2n) is 4.00. The molecule has 0 aliphatic heterocycles. The SMILES string of the molecule is Cn1cc(-c2cnc3ccc(S)cc3c2)cn1. The highest BCUT2D eigenvalue weighted by Gasteiger charge is 2.03. The fourth-order valence-corrected chi connectivity index (χ4v) is 2.06. The minimum absolute atomic E-state index is 0.947. The molecule has 0 N–H and O–H groups in total. The molecule has 0 radical (unpaired) electrons. The Balaban J connectivity index is 2.18. The van der Waals surface area contributed by atoms with E-state index in [0.717, 1.165) is 26.9 Å². The van der Waals surface area contributed by atoms with Crippen LogP contribution in [0.5, 0.6) is 0 Å². The number of hydrogen-bond acceptors (Lipinski definition) is 3. The third kappa shape index (κ3) is 1.91. The lowest BCUT2D eigenvalue weighted by atomic mass is 10.1. The summed E-state index contributed by atoms with van der Waals surface area (Å²) in [5.41, 5.74) is 3.13. The summed E-state index contributed by atoms with van der Waals surface area (Å²) in [6, 6.07) is 8.05. The van der Waals surface area contributed by atoms with Crippen molar-refractivity contribution in [1.29, 1.82) is 0 Å². The minimum Gasteiger partial charge on any atom is -0.275 e. The average Bonchev–Trinajstić information content (AvgIpc) is 2.75. The molecule has 3 aromatic rings. The van der Waals surface area contributed by atoms with Crippen LogP contribution in [0.25, 0.3) is 22.0 Å². The molecule has 0 unspecified atom stereocenters. The molecular weight excluding hydrogens is 230 g/mol. The Hall–Kier alpha value is -1.81. The van der Waals surface area contributed by atoms with Gasteiger partial charge in [-0.25, -0.2) is 0 Å². The molecule has 4 heteroatoms. The van der Waals surface area contributed by atoms with E-state index in [-0.39, 0.29) is 0 Å². The zero-order valence-electron chi connectivity index (χ0n) is 9.33. The van der Waals surface area contributed by atoms with Crippen molar-refractivity contribution in [1.82, 2.24) is 14.8 Å². The Bertz CT molecular complexity index is 688. The van der Waals surface area contributed by atoms with Crippen LogP contribution < -0.4 is 0 Å². The molecule has 0 fully saturated rings. The molecule has 2 aromatic heterocycles. The third-order valence-electron chi connectivity index (χ3n) is 2.70. The first kappa shape index (κ1) is 10.4. The van der Waals surface area contributed by atoms with Crippen LogP contribution >= 0.6 is 12.6 Å². The molecule has 0 saturated carbocycles. The zero-order valence-corrected chi connectivity index (χ0v) is 10.2. The van der Waals surface area contributed by atoms with Gasteiger partial charge >= 0.3 is 0 Å². The van der Waals surface area contributed by atoms with Gasteiger partial charge < -0.3 is 0 Å². The number of rotatable bonds is 1. The first-order valence-electron chi connectivity index (χ1n) is 5.30. The summed E-state index contributed by atoms with van der Waals surface area (Å²) in [7, 11) is 1.91. The van der Waals surface area contributed by atoms with Crippen molar-refractivity contribution in [3.05, 3.63) is 42.9 Å². The normalized spacial score (nSPS) is 10.9. The minimum atomic E-state index is 0.947. The molecule has 0 atom stereocenters. The van der Waals surface area contributed by atoms with Gasteiger partial charge in [-0.1, -0.05) is 0 Å². The lowest BCUT2D eigenvalue weighted by Crippen LogP contribution is -1.84. The predicted molar refractivity (Wildman–Crippen MR) is 71.2 cm³/mol. The fourth-order valence-electron chi connectivity index (χ4n) is 1.85. The van der Waals surface area contributed by atoms with Gasteiger partial charge in [0, 0.05) is 40.8 Å². The first-order chi connectivity index (χ1) is 8.22. The van der Waals surface area contributed by atoms with Gasteiger partial charge in [-0.2, -0.15) is 5.10 Å². The van der Waals surface area contributed by atoms with Crippen LogP contribution in [0.1, 0.15) is 0 Å². The Morgan fingerprint density at radius 1 is 1.12 bits per heavy atom. The number of thiol groups is 1. The van der Waals surface area contributed by atoms with Gasteiger partial charge in [-0.05, 0) is 24.3 Å². The van der Waals surface area contributed by atoms with Crippen LogP contribution in [-0.4, -0.2) is 14.8 Å². The van der Waals surface area contributed by atoms with Crippen molar-refractivity contribution in [2.75, 3.05) is 0 Å². The Morgan fingerprint density at radius 2 is 2.00 bits per heavy atom. The van der Waals surface area contributed by atoms with E-state index in [1.807, 2.05) is 43.8 Å². The van der Waals surface area contributed by atoms with Crippen LogP contribution in [-0.2, 0) is 7.05 Å². The summed E-state index contributed by atoms with van der Waals surface area (Å²) in [4.78, 5) is 5.38. The molecule has 0 aliphatic carbocycles. The number of aromatic nitrogens is 3. The molecule has 0 bridgehead atoms. The maximum Gasteiger partial charge on any atom is 0.0703 e. The van der Waals surface area contributed by atoms with Gasteiger partial charge in [0.2, 0.25) is 0 Å². The predicted octanol–water partition coefficient (Wildman–Crippen LogP) is 2.92. The number of aryl methyl sites for hydroxylation is 1. The van der Waals surface area contributed by atoms with Crippen LogP contribution in [0.3, 0.4) is 0 Å². The fraction of sp³-hybridized carbons (Fsp3) is 0.0769. The van der Waals surface area contributed by atoms with Crippen molar-refractivity contribution < 1.29 is 0 Å². The summed E-state index contributed by atoms with van der Waals surface area (Å²) in [5, 5.41) is 5.26. The second-order valence-corrected chi connectivity index (χ2v) is 4.52.